The molecule has 382 valence electrons. The summed E-state index contributed by atoms with van der Waals surface area (Å²) in [7, 11) is 0. The van der Waals surface area contributed by atoms with Crippen LogP contribution in [0.1, 0.15) is 78.1 Å². The summed E-state index contributed by atoms with van der Waals surface area (Å²) < 4.78 is 33.9. The minimum Gasteiger partial charge on any atom is -0.477 e. The molecule has 0 aliphatic carbocycles. The van der Waals surface area contributed by atoms with Gasteiger partial charge in [-0.15, -0.1) is 6.58 Å². The van der Waals surface area contributed by atoms with Crippen molar-refractivity contribution in [2.45, 2.75) is 188 Å². The fraction of sp³-hybridized carbons (Fsp3) is 0.854. The number of rotatable bonds is 28. The molecule has 0 aromatic rings. The summed E-state index contributed by atoms with van der Waals surface area (Å²) in [5, 5.41) is 133. The van der Waals surface area contributed by atoms with Crippen LogP contribution < -0.4 is 10.6 Å². The highest BCUT2D eigenvalue weighted by Crippen LogP contribution is 2.38. The van der Waals surface area contributed by atoms with E-state index < -0.39 is 160 Å². The summed E-state index contributed by atoms with van der Waals surface area (Å²) >= 11 is 1.33. The average molecular weight is 975 g/mol. The lowest BCUT2D eigenvalue weighted by atomic mass is 9.88. The molecule has 25 heteroatoms. The minimum absolute atomic E-state index is 0.116. The predicted octanol–water partition coefficient (Wildman–Crippen LogP) is -4.38. The van der Waals surface area contributed by atoms with Crippen LogP contribution in [0.5, 0.6) is 0 Å². The van der Waals surface area contributed by atoms with Gasteiger partial charge in [0.15, 0.2) is 17.7 Å². The molecule has 2 amide bonds. The van der Waals surface area contributed by atoms with Gasteiger partial charge in [0, 0.05) is 32.4 Å². The molecule has 3 saturated heterocycles. The lowest BCUT2D eigenvalue weighted by Crippen LogP contribution is -2.70. The molecule has 0 spiro atoms. The van der Waals surface area contributed by atoms with E-state index in [1.54, 1.807) is 6.92 Å². The summed E-state index contributed by atoms with van der Waals surface area (Å²) in [5.41, 5.74) is 0. The van der Waals surface area contributed by atoms with Crippen LogP contribution in [-0.4, -0.2) is 226 Å². The van der Waals surface area contributed by atoms with Gasteiger partial charge in [-0.05, 0) is 12.8 Å². The Balaban J connectivity index is 1.66. The van der Waals surface area contributed by atoms with Crippen molar-refractivity contribution in [3.63, 3.8) is 0 Å². The van der Waals surface area contributed by atoms with E-state index in [1.165, 1.54) is 11.8 Å². The van der Waals surface area contributed by atoms with E-state index in [4.69, 9.17) is 28.4 Å². The van der Waals surface area contributed by atoms with Crippen molar-refractivity contribution < 1.29 is 109 Å². The Hall–Kier alpha value is -2.51. The Bertz CT molecular complexity index is 1520. The lowest BCUT2D eigenvalue weighted by Gasteiger charge is -2.50. The molecule has 0 aromatic heterocycles. The Kier molecular flexibility index (Phi) is 24.7. The number of thioether (sulfide) groups is 1. The monoisotopic (exact) mass is 974 g/mol. The number of ether oxygens (including phenoxy) is 6. The molecule has 3 fully saturated rings. The molecule has 14 N–H and O–H groups in total. The number of hydrogen-bond acceptors (Lipinski definition) is 22. The first-order valence-corrected chi connectivity index (χ1v) is 23.0. The number of nitrogens with one attached hydrogen (secondary N) is 2. The maximum atomic E-state index is 12.8. The highest BCUT2D eigenvalue weighted by atomic mass is 32.2. The quantitative estimate of drug-likeness (QED) is 0.0260. The van der Waals surface area contributed by atoms with E-state index in [1.807, 2.05) is 0 Å². The molecular formula is C41H70N2O22S. The Morgan fingerprint density at radius 3 is 1.98 bits per heavy atom. The first kappa shape index (κ1) is 57.8. The molecule has 0 aromatic carbocycles. The van der Waals surface area contributed by atoms with Crippen molar-refractivity contribution in [2.24, 2.45) is 0 Å². The molecule has 0 bridgehead atoms. The predicted molar refractivity (Wildman–Crippen MR) is 227 cm³/mol. The minimum atomic E-state index is -3.08. The van der Waals surface area contributed by atoms with Crippen LogP contribution in [-0.2, 0) is 47.6 Å². The summed E-state index contributed by atoms with van der Waals surface area (Å²) in [4.78, 5) is 48.6. The van der Waals surface area contributed by atoms with Gasteiger partial charge in [-0.3, -0.25) is 14.4 Å². The van der Waals surface area contributed by atoms with E-state index >= 15 is 0 Å². The van der Waals surface area contributed by atoms with Crippen molar-refractivity contribution >= 4 is 34.7 Å². The number of aliphatic hydroxyl groups is 11. The molecule has 3 aliphatic rings. The smallest absolute Gasteiger partial charge is 0.364 e. The van der Waals surface area contributed by atoms with Crippen molar-refractivity contribution in [1.82, 2.24) is 10.6 Å². The third-order valence-corrected chi connectivity index (χ3v) is 12.4. The largest absolute Gasteiger partial charge is 0.477 e. The van der Waals surface area contributed by atoms with Crippen LogP contribution >= 0.6 is 11.8 Å². The SMILES string of the molecule is C=C[C@@H](O)[C@H](CO[C@@H]1O[C@H](CO)[C@@H](O[C@@H]2O[C@H](CO)[C@H](O)[C@H](O[C@]3(C(=O)O)C[C@H](O)[C@@H](NC(C)=O)[C@H]([C@H](O)[C@H](O)CO)O3)[C@H]2O)[C@H](O)[C@H]1O)NC(=O)CCCCCCCCCCSC(C)=O. The first-order chi connectivity index (χ1) is 31.2. The topological polar surface area (TPSA) is 390 Å². The van der Waals surface area contributed by atoms with E-state index in [9.17, 15) is 80.5 Å². The van der Waals surface area contributed by atoms with Crippen LogP contribution in [0.2, 0.25) is 0 Å². The molecular weight excluding hydrogens is 905 g/mol. The molecule has 18 atom stereocenters. The van der Waals surface area contributed by atoms with E-state index in [0.717, 1.165) is 63.7 Å². The number of carboxylic acid groups (broad SMARTS) is 1. The second kappa shape index (κ2) is 28.2. The molecule has 0 unspecified atom stereocenters. The van der Waals surface area contributed by atoms with Gasteiger partial charge in [0.1, 0.15) is 67.1 Å². The van der Waals surface area contributed by atoms with Crippen LogP contribution in [0.3, 0.4) is 0 Å². The number of amides is 2. The number of aliphatic carboxylic acids is 1. The van der Waals surface area contributed by atoms with Gasteiger partial charge < -0.3 is 100 Å². The van der Waals surface area contributed by atoms with Gasteiger partial charge in [0.25, 0.3) is 5.79 Å². The third-order valence-electron chi connectivity index (χ3n) is 11.5. The van der Waals surface area contributed by atoms with Crippen molar-refractivity contribution in [2.75, 3.05) is 32.2 Å². The van der Waals surface area contributed by atoms with Gasteiger partial charge >= 0.3 is 5.97 Å². The van der Waals surface area contributed by atoms with Crippen molar-refractivity contribution in [3.8, 4) is 0 Å². The van der Waals surface area contributed by atoms with Crippen LogP contribution in [0, 0.1) is 0 Å². The summed E-state index contributed by atoms with van der Waals surface area (Å²) in [6, 6.07) is -2.67. The molecule has 3 aliphatic heterocycles. The van der Waals surface area contributed by atoms with Crippen LogP contribution in [0.4, 0.5) is 0 Å². The normalized spacial score (nSPS) is 34.4. The zero-order valence-corrected chi connectivity index (χ0v) is 37.9. The molecule has 3 rings (SSSR count). The van der Waals surface area contributed by atoms with Crippen LogP contribution in [0.15, 0.2) is 12.7 Å². The fourth-order valence-corrected chi connectivity index (χ4v) is 8.45. The molecule has 0 radical (unpaired) electrons. The van der Waals surface area contributed by atoms with Gasteiger partial charge in [0.05, 0.1) is 50.7 Å². The number of hydrogen-bond donors (Lipinski definition) is 14. The highest BCUT2D eigenvalue weighted by molar-refractivity contribution is 8.13. The zero-order valence-electron chi connectivity index (χ0n) is 37.1. The molecule has 24 nitrogen and oxygen atoms in total. The summed E-state index contributed by atoms with van der Waals surface area (Å²) in [6.07, 6.45) is -21.0. The van der Waals surface area contributed by atoms with E-state index in [0.29, 0.717) is 6.42 Å². The standard InChI is InChI=1S/C41H70N2O22S/c1-4-23(49)22(43-28(52)13-11-9-7-5-6-8-10-12-14-66-21(3)48)19-60-38-33(56)32(55)35(27(18-46)62-38)63-39-34(57)37(31(54)26(17-45)61-39)65-41(40(58)59)15-24(50)29(42-20(2)47)36(64-41)30(53)25(51)16-44/h4,22-27,29-39,44-46,49-51,53-57H,1,5-19H2,2-3H3,(H,42,47)(H,43,52)(H,58,59)/t22-,23+,24-,25+,26+,27+,29+,30+,31-,32+,33+,34+,35+,36+,37-,38+,39-,41-/m0/s1. The Labute approximate surface area is 386 Å². The fourth-order valence-electron chi connectivity index (χ4n) is 7.82. The van der Waals surface area contributed by atoms with Gasteiger partial charge in [-0.25, -0.2) is 4.79 Å². The van der Waals surface area contributed by atoms with E-state index in [2.05, 4.69) is 17.2 Å². The van der Waals surface area contributed by atoms with Crippen molar-refractivity contribution in [3.05, 3.63) is 12.7 Å². The van der Waals surface area contributed by atoms with Gasteiger partial charge in [0.2, 0.25) is 11.8 Å². The maximum Gasteiger partial charge on any atom is 0.364 e. The summed E-state index contributed by atoms with van der Waals surface area (Å²) in [6.45, 7) is 2.63. The zero-order chi connectivity index (χ0) is 49.3. The van der Waals surface area contributed by atoms with Crippen molar-refractivity contribution in [1.29, 1.82) is 0 Å². The van der Waals surface area contributed by atoms with Gasteiger partial charge in [-0.2, -0.15) is 0 Å². The summed E-state index contributed by atoms with van der Waals surface area (Å²) in [5.74, 6) is -5.42. The number of carboxylic acids is 1. The van der Waals surface area contributed by atoms with Gasteiger partial charge in [-0.1, -0.05) is 56.4 Å². The first-order valence-electron chi connectivity index (χ1n) is 22.0. The molecule has 0 saturated carbocycles. The second-order valence-corrected chi connectivity index (χ2v) is 17.9. The number of carbonyl (C=O) groups is 4. The molecule has 3 heterocycles. The maximum absolute atomic E-state index is 12.8. The molecule has 66 heavy (non-hydrogen) atoms. The van der Waals surface area contributed by atoms with E-state index in [-0.39, 0.29) is 11.5 Å². The lowest BCUT2D eigenvalue weighted by molar-refractivity contribution is -0.386. The number of carbonyl (C=O) groups excluding carboxylic acids is 3. The number of aliphatic hydroxyl groups excluding tert-OH is 11. The highest BCUT2D eigenvalue weighted by Gasteiger charge is 2.60. The Morgan fingerprint density at radius 1 is 0.818 bits per heavy atom. The second-order valence-electron chi connectivity index (χ2n) is 16.6. The Morgan fingerprint density at radius 2 is 1.42 bits per heavy atom. The van der Waals surface area contributed by atoms with Crippen LogP contribution in [0.25, 0.3) is 0 Å². The third kappa shape index (κ3) is 16.3. The number of unbranched alkanes of at least 4 members (excludes halogenated alkanes) is 7. The average Bonchev–Trinajstić information content (AvgIpc) is 3.28.